The molecular weight excluding hydrogens is 709 g/mol. The molecule has 10 atom stereocenters. The van der Waals surface area contributed by atoms with Crippen LogP contribution < -0.4 is 16.1 Å². The molecular formula is C41H68N3O9P. The first kappa shape index (κ1) is 43.0. The molecule has 5 aliphatic rings. The van der Waals surface area contributed by atoms with E-state index in [0.717, 1.165) is 68.1 Å². The van der Waals surface area contributed by atoms with Gasteiger partial charge in [0.05, 0.1) is 19.1 Å². The number of unbranched alkanes of at least 4 members (excludes halogenated alkanes) is 1. The van der Waals surface area contributed by atoms with Gasteiger partial charge in [-0.15, -0.1) is 0 Å². The number of hydrogen-bond acceptors (Lipinski definition) is 11. The predicted molar refractivity (Wildman–Crippen MR) is 206 cm³/mol. The molecule has 54 heavy (non-hydrogen) atoms. The maximum atomic E-state index is 12.6. The highest BCUT2D eigenvalue weighted by Crippen LogP contribution is 2.66. The van der Waals surface area contributed by atoms with Gasteiger partial charge in [0.2, 0.25) is 5.91 Å². The second-order valence-corrected chi connectivity index (χ2v) is 18.8. The molecule has 5 N–H and O–H groups in total. The molecule has 5 aliphatic carbocycles. The Balaban J connectivity index is 1.02. The number of fused-ring (bicyclic) bond motifs is 5. The lowest BCUT2D eigenvalue weighted by Gasteiger charge is -2.58. The third-order valence-electron chi connectivity index (χ3n) is 14.0. The SMILES string of the molecule is CC(C)CCCCC1CCC2C3CC=C4CC(OCCNC(=O)CCC(=O)OP(NC5CCCC[C@@H]5N)OC(=O)C(=O)OCO)CCC4(C)C3CCC12C. The standard InChI is InChI=1S/C41H68N3O9P/c1-27(2)9-5-6-10-28-14-16-32-31-15-13-29-25-30(19-21-41(29,4)33(31)20-22-40(28,32)3)50-24-23-43-36(46)17-18-37(47)52-54(53-39(49)38(48)51-26-45)44-35-12-8-7-11-34(35)42/h13,27-28,30-35,44-45H,5-12,14-26,42H2,1-4H3,(H,43,46)/t28?,30?,31?,32?,33?,34-,35?,40?,41?,54?/m0/s1. The molecule has 0 aromatic heterocycles. The summed E-state index contributed by atoms with van der Waals surface area (Å²) in [7, 11) is -2.38. The predicted octanol–water partition coefficient (Wildman–Crippen LogP) is 6.73. The van der Waals surface area contributed by atoms with Crippen LogP contribution in [0.25, 0.3) is 0 Å². The number of carbonyl (C=O) groups excluding carboxylic acids is 4. The third kappa shape index (κ3) is 10.8. The highest BCUT2D eigenvalue weighted by atomic mass is 31.2. The number of aliphatic hydroxyl groups excluding tert-OH is 1. The Labute approximate surface area is 324 Å². The first-order chi connectivity index (χ1) is 25.8. The van der Waals surface area contributed by atoms with Gasteiger partial charge in [0.15, 0.2) is 6.79 Å². The van der Waals surface area contributed by atoms with Crippen molar-refractivity contribution in [2.75, 3.05) is 19.9 Å². The van der Waals surface area contributed by atoms with E-state index >= 15 is 0 Å². The molecule has 306 valence electrons. The molecule has 0 aromatic rings. The molecule has 5 rings (SSSR count). The van der Waals surface area contributed by atoms with Crippen molar-refractivity contribution in [2.45, 2.75) is 161 Å². The Bertz CT molecular complexity index is 1330. The van der Waals surface area contributed by atoms with Crippen LogP contribution in [-0.2, 0) is 37.7 Å². The van der Waals surface area contributed by atoms with Crippen molar-refractivity contribution in [3.05, 3.63) is 11.6 Å². The van der Waals surface area contributed by atoms with E-state index in [2.05, 4.69) is 48.9 Å². The van der Waals surface area contributed by atoms with Crippen LogP contribution in [0.3, 0.4) is 0 Å². The van der Waals surface area contributed by atoms with Gasteiger partial charge in [0, 0.05) is 25.0 Å². The summed E-state index contributed by atoms with van der Waals surface area (Å²) in [6.45, 7) is 9.61. The van der Waals surface area contributed by atoms with Crippen LogP contribution in [0.4, 0.5) is 0 Å². The molecule has 9 unspecified atom stereocenters. The van der Waals surface area contributed by atoms with E-state index in [1.54, 1.807) is 5.57 Å². The Morgan fingerprint density at radius 1 is 0.963 bits per heavy atom. The summed E-state index contributed by atoms with van der Waals surface area (Å²) in [6, 6.07) is -0.532. The number of esters is 1. The lowest BCUT2D eigenvalue weighted by molar-refractivity contribution is -0.167. The molecule has 0 aromatic carbocycles. The maximum Gasteiger partial charge on any atom is 0.423 e. The number of nitrogens with two attached hydrogens (primary N) is 1. The fraction of sp³-hybridized carbons (Fsp3) is 0.854. The van der Waals surface area contributed by atoms with Gasteiger partial charge in [-0.05, 0) is 111 Å². The van der Waals surface area contributed by atoms with E-state index in [1.807, 2.05) is 0 Å². The number of rotatable bonds is 17. The highest BCUT2D eigenvalue weighted by molar-refractivity contribution is 7.46. The van der Waals surface area contributed by atoms with Crippen molar-refractivity contribution in [3.8, 4) is 0 Å². The number of carbonyl (C=O) groups is 4. The summed E-state index contributed by atoms with van der Waals surface area (Å²) >= 11 is 0. The summed E-state index contributed by atoms with van der Waals surface area (Å²) in [5, 5.41) is 14.5. The second-order valence-electron chi connectivity index (χ2n) is 17.7. The van der Waals surface area contributed by atoms with Crippen LogP contribution in [0.15, 0.2) is 11.6 Å². The lowest BCUT2D eigenvalue weighted by atomic mass is 9.47. The summed E-state index contributed by atoms with van der Waals surface area (Å²) < 4.78 is 20.9. The van der Waals surface area contributed by atoms with Crippen molar-refractivity contribution in [1.82, 2.24) is 10.4 Å². The van der Waals surface area contributed by atoms with Crippen molar-refractivity contribution >= 4 is 32.3 Å². The van der Waals surface area contributed by atoms with Crippen LogP contribution in [0.2, 0.25) is 0 Å². The normalized spacial score (nSPS) is 33.8. The Hall–Kier alpha value is -2.11. The molecule has 0 spiro atoms. The largest absolute Gasteiger partial charge is 0.430 e. The fourth-order valence-corrected chi connectivity index (χ4v) is 12.1. The Morgan fingerprint density at radius 3 is 2.52 bits per heavy atom. The van der Waals surface area contributed by atoms with Gasteiger partial charge in [0.1, 0.15) is 0 Å². The summed E-state index contributed by atoms with van der Waals surface area (Å²) in [4.78, 5) is 49.0. The third-order valence-corrected chi connectivity index (χ3v) is 15.2. The van der Waals surface area contributed by atoms with Gasteiger partial charge in [-0.2, -0.15) is 0 Å². The summed E-state index contributed by atoms with van der Waals surface area (Å²) in [6.07, 6.45) is 21.1. The Kier molecular flexibility index (Phi) is 15.8. The molecule has 1 amide bonds. The summed E-state index contributed by atoms with van der Waals surface area (Å²) in [5.74, 6) is 0.235. The molecule has 0 radical (unpaired) electrons. The van der Waals surface area contributed by atoms with E-state index in [4.69, 9.17) is 24.6 Å². The maximum absolute atomic E-state index is 12.6. The van der Waals surface area contributed by atoms with E-state index in [0.29, 0.717) is 25.0 Å². The number of aliphatic hydroxyl groups is 1. The van der Waals surface area contributed by atoms with E-state index in [1.165, 1.54) is 57.8 Å². The van der Waals surface area contributed by atoms with Gasteiger partial charge in [-0.3, -0.25) is 9.59 Å². The van der Waals surface area contributed by atoms with Gasteiger partial charge >= 0.3 is 26.4 Å². The van der Waals surface area contributed by atoms with Crippen LogP contribution in [0.5, 0.6) is 0 Å². The number of hydrogen-bond donors (Lipinski definition) is 4. The van der Waals surface area contributed by atoms with E-state index < -0.39 is 33.2 Å². The van der Waals surface area contributed by atoms with Gasteiger partial charge in [-0.1, -0.05) is 71.4 Å². The average Bonchev–Trinajstić information content (AvgIpc) is 3.47. The molecule has 0 aliphatic heterocycles. The van der Waals surface area contributed by atoms with E-state index in [-0.39, 0.29) is 42.4 Å². The van der Waals surface area contributed by atoms with Gasteiger partial charge in [0.25, 0.3) is 0 Å². The number of amides is 1. The minimum absolute atomic E-state index is 0.123. The van der Waals surface area contributed by atoms with Crippen LogP contribution in [0, 0.1) is 40.4 Å². The minimum atomic E-state index is -2.38. The minimum Gasteiger partial charge on any atom is -0.430 e. The van der Waals surface area contributed by atoms with Crippen molar-refractivity contribution in [3.63, 3.8) is 0 Å². The quantitative estimate of drug-likeness (QED) is 0.0308. The Morgan fingerprint density at radius 2 is 1.76 bits per heavy atom. The molecule has 0 saturated heterocycles. The van der Waals surface area contributed by atoms with Crippen LogP contribution in [0.1, 0.15) is 143 Å². The number of ether oxygens (including phenoxy) is 2. The zero-order chi connectivity index (χ0) is 38.9. The smallest absolute Gasteiger partial charge is 0.423 e. The lowest BCUT2D eigenvalue weighted by Crippen LogP contribution is -2.50. The highest BCUT2D eigenvalue weighted by Gasteiger charge is 2.58. The second kappa shape index (κ2) is 19.8. The molecule has 4 fully saturated rings. The molecule has 13 heteroatoms. The van der Waals surface area contributed by atoms with Gasteiger partial charge < -0.3 is 34.7 Å². The molecule has 0 heterocycles. The number of allylic oxidation sites excluding steroid dienone is 1. The monoisotopic (exact) mass is 777 g/mol. The van der Waals surface area contributed by atoms with E-state index in [9.17, 15) is 19.2 Å². The number of nitrogens with one attached hydrogen (secondary N) is 2. The molecule has 0 bridgehead atoms. The van der Waals surface area contributed by atoms with Gasteiger partial charge in [-0.25, -0.2) is 14.7 Å². The topological polar surface area (TPSA) is 176 Å². The first-order valence-corrected chi connectivity index (χ1v) is 22.1. The first-order valence-electron chi connectivity index (χ1n) is 20.9. The van der Waals surface area contributed by atoms with Crippen molar-refractivity contribution < 1.29 is 42.8 Å². The zero-order valence-corrected chi connectivity index (χ0v) is 34.2. The van der Waals surface area contributed by atoms with Crippen molar-refractivity contribution in [1.29, 1.82) is 0 Å². The van der Waals surface area contributed by atoms with Crippen LogP contribution >= 0.6 is 8.53 Å². The molecule has 4 saturated carbocycles. The van der Waals surface area contributed by atoms with Crippen LogP contribution in [-0.4, -0.2) is 67.1 Å². The zero-order valence-electron chi connectivity index (χ0n) is 33.3. The average molecular weight is 778 g/mol. The summed E-state index contributed by atoms with van der Waals surface area (Å²) in [5.41, 5.74) is 8.55. The fourth-order valence-electron chi connectivity index (χ4n) is 10.9. The van der Waals surface area contributed by atoms with Crippen molar-refractivity contribution in [2.24, 2.45) is 46.2 Å². The molecule has 12 nitrogen and oxygen atoms in total.